The summed E-state index contributed by atoms with van der Waals surface area (Å²) < 4.78 is 34.0. The number of hydrogen-bond acceptors (Lipinski definition) is 6. The maximum absolute atomic E-state index is 13.0. The first kappa shape index (κ1) is 24.7. The molecule has 0 N–H and O–H groups in total. The van der Waals surface area contributed by atoms with Crippen LogP contribution in [0.4, 0.5) is 0 Å². The summed E-state index contributed by atoms with van der Waals surface area (Å²) in [6.07, 6.45) is 3.15. The number of piperazine rings is 1. The maximum Gasteiger partial charge on any atom is 0.259 e. The molecule has 9 heteroatoms. The van der Waals surface area contributed by atoms with Crippen LogP contribution in [-0.2, 0) is 30.2 Å². The molecule has 188 valence electrons. The van der Waals surface area contributed by atoms with Crippen LogP contribution in [0, 0.1) is 0 Å². The SMILES string of the molecule is Cn1cc(-c2ccccc2OCc2ccccc2)c2sc(CN3CCN(S(C)(=O)=O)CC3)cc2c1=O. The molecule has 0 unspecified atom stereocenters. The second-order valence-electron chi connectivity index (χ2n) is 9.12. The molecule has 4 aromatic rings. The number of sulfonamides is 1. The minimum absolute atomic E-state index is 0.0270. The Balaban J connectivity index is 1.44. The van der Waals surface area contributed by atoms with Gasteiger partial charge in [0.25, 0.3) is 5.56 Å². The highest BCUT2D eigenvalue weighted by atomic mass is 32.2. The van der Waals surface area contributed by atoms with E-state index in [1.54, 1.807) is 23.0 Å². The molecule has 0 bridgehead atoms. The van der Waals surface area contributed by atoms with Crippen LogP contribution < -0.4 is 10.3 Å². The number of hydrogen-bond donors (Lipinski definition) is 0. The Labute approximate surface area is 215 Å². The Morgan fingerprint density at radius 2 is 1.64 bits per heavy atom. The first-order chi connectivity index (χ1) is 17.3. The van der Waals surface area contributed by atoms with Crippen LogP contribution in [0.2, 0.25) is 0 Å². The third-order valence-electron chi connectivity index (χ3n) is 6.50. The van der Waals surface area contributed by atoms with Gasteiger partial charge in [-0.3, -0.25) is 9.69 Å². The van der Waals surface area contributed by atoms with Gasteiger partial charge in [0, 0.05) is 66.7 Å². The highest BCUT2D eigenvalue weighted by Crippen LogP contribution is 2.38. The highest BCUT2D eigenvalue weighted by molar-refractivity contribution is 7.88. The van der Waals surface area contributed by atoms with Crippen molar-refractivity contribution >= 4 is 31.4 Å². The number of benzene rings is 2. The Morgan fingerprint density at radius 1 is 0.944 bits per heavy atom. The summed E-state index contributed by atoms with van der Waals surface area (Å²) in [4.78, 5) is 16.3. The summed E-state index contributed by atoms with van der Waals surface area (Å²) in [5.41, 5.74) is 2.98. The average molecular weight is 524 g/mol. The van der Waals surface area contributed by atoms with E-state index in [0.29, 0.717) is 44.7 Å². The largest absolute Gasteiger partial charge is 0.488 e. The van der Waals surface area contributed by atoms with Gasteiger partial charge in [-0.2, -0.15) is 4.31 Å². The van der Waals surface area contributed by atoms with Crippen molar-refractivity contribution in [2.45, 2.75) is 13.2 Å². The summed E-state index contributed by atoms with van der Waals surface area (Å²) in [6.45, 7) is 3.46. The molecule has 0 saturated carbocycles. The van der Waals surface area contributed by atoms with Gasteiger partial charge in [0.15, 0.2) is 0 Å². The fourth-order valence-corrected chi connectivity index (χ4v) is 6.60. The maximum atomic E-state index is 13.0. The number of rotatable bonds is 7. The zero-order valence-corrected chi connectivity index (χ0v) is 22.0. The normalized spacial score (nSPS) is 15.4. The molecule has 36 heavy (non-hydrogen) atoms. The van der Waals surface area contributed by atoms with Gasteiger partial charge in [0.1, 0.15) is 12.4 Å². The lowest BCUT2D eigenvalue weighted by atomic mass is 10.1. The standard InChI is InChI=1S/C27H29N3O4S2/c1-28-18-24(22-10-6-7-11-25(22)34-19-20-8-4-3-5-9-20)26-23(27(28)31)16-21(35-26)17-29-12-14-30(15-13-29)36(2,32)33/h3-11,16,18H,12-15,17,19H2,1-2H3. The molecule has 7 nitrogen and oxygen atoms in total. The number of aryl methyl sites for hydroxylation is 1. The lowest BCUT2D eigenvalue weighted by Gasteiger charge is -2.32. The van der Waals surface area contributed by atoms with Crippen molar-refractivity contribution < 1.29 is 13.2 Å². The number of ether oxygens (including phenoxy) is 1. The van der Waals surface area contributed by atoms with Gasteiger partial charge in [0.2, 0.25) is 10.0 Å². The Hall–Kier alpha value is -2.98. The minimum Gasteiger partial charge on any atom is -0.488 e. The van der Waals surface area contributed by atoms with Crippen LogP contribution in [-0.4, -0.2) is 54.6 Å². The number of nitrogens with zero attached hydrogens (tertiary/aromatic N) is 3. The predicted molar refractivity (Wildman–Crippen MR) is 145 cm³/mol. The fourth-order valence-electron chi connectivity index (χ4n) is 4.56. The summed E-state index contributed by atoms with van der Waals surface area (Å²) >= 11 is 1.62. The molecular weight excluding hydrogens is 494 g/mol. The van der Waals surface area contributed by atoms with E-state index in [2.05, 4.69) is 4.90 Å². The molecule has 0 aliphatic carbocycles. The van der Waals surface area contributed by atoms with Crippen molar-refractivity contribution in [1.29, 1.82) is 0 Å². The summed E-state index contributed by atoms with van der Waals surface area (Å²) in [5, 5.41) is 0.697. The number of aromatic nitrogens is 1. The van der Waals surface area contributed by atoms with E-state index in [0.717, 1.165) is 32.0 Å². The van der Waals surface area contributed by atoms with Gasteiger partial charge in [-0.25, -0.2) is 8.42 Å². The van der Waals surface area contributed by atoms with Crippen molar-refractivity contribution in [2.24, 2.45) is 7.05 Å². The molecule has 1 saturated heterocycles. The van der Waals surface area contributed by atoms with Crippen molar-refractivity contribution in [3.63, 3.8) is 0 Å². The molecule has 5 rings (SSSR count). The zero-order valence-electron chi connectivity index (χ0n) is 20.4. The third-order valence-corrected chi connectivity index (χ3v) is 8.95. The molecule has 0 amide bonds. The predicted octanol–water partition coefficient (Wildman–Crippen LogP) is 3.92. The minimum atomic E-state index is -3.16. The van der Waals surface area contributed by atoms with Crippen LogP contribution in [0.3, 0.4) is 0 Å². The molecule has 3 heterocycles. The molecule has 0 spiro atoms. The molecule has 0 atom stereocenters. The molecule has 2 aromatic carbocycles. The molecule has 1 aliphatic heterocycles. The van der Waals surface area contributed by atoms with E-state index in [1.165, 1.54) is 10.6 Å². The third kappa shape index (κ3) is 5.24. The van der Waals surface area contributed by atoms with Crippen LogP contribution in [0.1, 0.15) is 10.4 Å². The summed E-state index contributed by atoms with van der Waals surface area (Å²) in [6, 6.07) is 20.0. The number of pyridine rings is 1. The second-order valence-corrected chi connectivity index (χ2v) is 12.2. The number of para-hydroxylation sites is 1. The van der Waals surface area contributed by atoms with E-state index in [9.17, 15) is 13.2 Å². The van der Waals surface area contributed by atoms with Gasteiger partial charge in [-0.15, -0.1) is 11.3 Å². The van der Waals surface area contributed by atoms with E-state index >= 15 is 0 Å². The zero-order chi connectivity index (χ0) is 25.3. The highest BCUT2D eigenvalue weighted by Gasteiger charge is 2.24. The smallest absolute Gasteiger partial charge is 0.259 e. The average Bonchev–Trinajstić information content (AvgIpc) is 3.29. The van der Waals surface area contributed by atoms with Crippen molar-refractivity contribution in [2.75, 3.05) is 32.4 Å². The molecular formula is C27H29N3O4S2. The molecule has 2 aromatic heterocycles. The van der Waals surface area contributed by atoms with E-state index in [4.69, 9.17) is 4.74 Å². The van der Waals surface area contributed by atoms with Crippen molar-refractivity contribution in [3.8, 4) is 16.9 Å². The van der Waals surface area contributed by atoms with Crippen LogP contribution in [0.5, 0.6) is 5.75 Å². The van der Waals surface area contributed by atoms with Gasteiger partial charge in [-0.05, 0) is 17.7 Å². The lowest BCUT2D eigenvalue weighted by Crippen LogP contribution is -2.47. The second kappa shape index (κ2) is 10.2. The quantitative estimate of drug-likeness (QED) is 0.367. The first-order valence-electron chi connectivity index (χ1n) is 11.9. The van der Waals surface area contributed by atoms with E-state index in [-0.39, 0.29) is 5.56 Å². The van der Waals surface area contributed by atoms with Gasteiger partial charge >= 0.3 is 0 Å². The van der Waals surface area contributed by atoms with Crippen LogP contribution in [0.25, 0.3) is 21.2 Å². The lowest BCUT2D eigenvalue weighted by molar-refractivity contribution is 0.183. The van der Waals surface area contributed by atoms with Crippen LogP contribution >= 0.6 is 11.3 Å². The van der Waals surface area contributed by atoms with Crippen LogP contribution in [0.15, 0.2) is 71.7 Å². The summed E-state index contributed by atoms with van der Waals surface area (Å²) in [7, 11) is -1.38. The van der Waals surface area contributed by atoms with Gasteiger partial charge in [0.05, 0.1) is 11.6 Å². The Morgan fingerprint density at radius 3 is 2.36 bits per heavy atom. The molecule has 1 aliphatic rings. The topological polar surface area (TPSA) is 71.8 Å². The van der Waals surface area contributed by atoms with E-state index in [1.807, 2.05) is 66.9 Å². The van der Waals surface area contributed by atoms with Gasteiger partial charge in [-0.1, -0.05) is 48.5 Å². The van der Waals surface area contributed by atoms with Crippen molar-refractivity contribution in [1.82, 2.24) is 13.8 Å². The molecule has 0 radical (unpaired) electrons. The summed E-state index contributed by atoms with van der Waals surface area (Å²) in [5.74, 6) is 0.771. The molecule has 1 fully saturated rings. The van der Waals surface area contributed by atoms with E-state index < -0.39 is 10.0 Å². The fraction of sp³-hybridized carbons (Fsp3) is 0.296. The Bertz CT molecular complexity index is 1540. The number of fused-ring (bicyclic) bond motifs is 1. The number of thiophene rings is 1. The monoisotopic (exact) mass is 523 g/mol. The first-order valence-corrected chi connectivity index (χ1v) is 14.5. The van der Waals surface area contributed by atoms with Crippen molar-refractivity contribution in [3.05, 3.63) is 87.7 Å². The Kier molecular flexibility index (Phi) is 6.98. The van der Waals surface area contributed by atoms with Gasteiger partial charge < -0.3 is 9.30 Å².